The zero-order chi connectivity index (χ0) is 15.5. The van der Waals surface area contributed by atoms with Crippen LogP contribution in [0.2, 0.25) is 0 Å². The van der Waals surface area contributed by atoms with Crippen LogP contribution in [-0.2, 0) is 17.6 Å². The number of rotatable bonds is 2. The van der Waals surface area contributed by atoms with Gasteiger partial charge in [-0.1, -0.05) is 6.42 Å². The van der Waals surface area contributed by atoms with Crippen LogP contribution in [0.4, 0.5) is 0 Å². The Bertz CT molecular complexity index is 544. The first kappa shape index (κ1) is 15.5. The van der Waals surface area contributed by atoms with Crippen molar-refractivity contribution in [2.24, 2.45) is 0 Å². The Hall–Kier alpha value is -1.36. The van der Waals surface area contributed by atoms with Gasteiger partial charge in [-0.05, 0) is 56.6 Å². The van der Waals surface area contributed by atoms with Gasteiger partial charge in [-0.15, -0.1) is 11.3 Å². The lowest BCUT2D eigenvalue weighted by atomic mass is 10.0. The number of nitrogens with zero attached hydrogens (tertiary/aromatic N) is 1. The number of likely N-dealkylation sites (N-methyl/N-ethyl adjacent to an activating group) is 1. The number of amides is 2. The lowest BCUT2D eigenvalue weighted by Gasteiger charge is -2.34. The number of aryl methyl sites for hydroxylation is 2. The van der Waals surface area contributed by atoms with Crippen molar-refractivity contribution in [3.63, 3.8) is 0 Å². The molecule has 0 radical (unpaired) electrons. The molecular weight excluding hydrogens is 296 g/mol. The number of hydrogen-bond donors (Lipinski definition) is 1. The van der Waals surface area contributed by atoms with Crippen LogP contribution in [0.15, 0.2) is 6.07 Å². The first-order valence-corrected chi connectivity index (χ1v) is 9.16. The zero-order valence-corrected chi connectivity index (χ0v) is 14.0. The van der Waals surface area contributed by atoms with Crippen molar-refractivity contribution in [3.8, 4) is 0 Å². The second kappa shape index (κ2) is 6.82. The highest BCUT2D eigenvalue weighted by Crippen LogP contribution is 2.31. The molecule has 22 heavy (non-hydrogen) atoms. The van der Waals surface area contributed by atoms with E-state index in [4.69, 9.17) is 0 Å². The van der Waals surface area contributed by atoms with E-state index in [1.165, 1.54) is 29.7 Å². The summed E-state index contributed by atoms with van der Waals surface area (Å²) in [7, 11) is 1.65. The molecule has 1 aromatic rings. The maximum atomic E-state index is 12.9. The number of likely N-dealkylation sites (tertiary alicyclic amines) is 1. The molecule has 1 N–H and O–H groups in total. The molecule has 3 rings (SSSR count). The fourth-order valence-corrected chi connectivity index (χ4v) is 4.74. The molecule has 1 aromatic heterocycles. The second-order valence-electron chi connectivity index (χ2n) is 6.24. The Morgan fingerprint density at radius 3 is 2.82 bits per heavy atom. The molecule has 1 fully saturated rings. The van der Waals surface area contributed by atoms with Crippen molar-refractivity contribution in [3.05, 3.63) is 21.4 Å². The molecule has 120 valence electrons. The number of carbonyl (C=O) groups is 2. The number of hydrogen-bond acceptors (Lipinski definition) is 3. The Balaban J connectivity index is 1.81. The molecular formula is C17H24N2O2S. The van der Waals surface area contributed by atoms with Crippen molar-refractivity contribution >= 4 is 23.2 Å². The second-order valence-corrected chi connectivity index (χ2v) is 7.38. The third-order valence-corrected chi connectivity index (χ3v) is 6.00. The molecule has 0 spiro atoms. The summed E-state index contributed by atoms with van der Waals surface area (Å²) in [5.41, 5.74) is 1.36. The number of carbonyl (C=O) groups excluding carboxylic acids is 2. The van der Waals surface area contributed by atoms with Gasteiger partial charge in [-0.25, -0.2) is 0 Å². The van der Waals surface area contributed by atoms with E-state index in [0.717, 1.165) is 37.0 Å². The van der Waals surface area contributed by atoms with Crippen LogP contribution in [0.1, 0.15) is 58.6 Å². The summed E-state index contributed by atoms with van der Waals surface area (Å²) in [5.74, 6) is 0.0116. The van der Waals surface area contributed by atoms with Crippen LogP contribution >= 0.6 is 11.3 Å². The molecule has 0 saturated carbocycles. The first-order chi connectivity index (χ1) is 10.7. The molecule has 2 amide bonds. The summed E-state index contributed by atoms with van der Waals surface area (Å²) in [5, 5.41) is 2.70. The molecule has 1 aliphatic heterocycles. The fraction of sp³-hybridized carbons (Fsp3) is 0.647. The largest absolute Gasteiger partial charge is 0.357 e. The zero-order valence-electron chi connectivity index (χ0n) is 13.2. The van der Waals surface area contributed by atoms with Crippen LogP contribution in [0.25, 0.3) is 0 Å². The normalized spacial score (nSPS) is 21.9. The highest BCUT2D eigenvalue weighted by atomic mass is 32.1. The smallest absolute Gasteiger partial charge is 0.264 e. The fourth-order valence-electron chi connectivity index (χ4n) is 3.53. The van der Waals surface area contributed by atoms with Crippen LogP contribution in [0.5, 0.6) is 0 Å². The van der Waals surface area contributed by atoms with Crippen LogP contribution < -0.4 is 5.32 Å². The maximum Gasteiger partial charge on any atom is 0.264 e. The van der Waals surface area contributed by atoms with Gasteiger partial charge >= 0.3 is 0 Å². The molecule has 0 bridgehead atoms. The SMILES string of the molecule is CNC(=O)[C@@H]1CCCCN1C(=O)c1cc2c(s1)CCCCC2. The Kier molecular flexibility index (Phi) is 4.81. The summed E-state index contributed by atoms with van der Waals surface area (Å²) in [4.78, 5) is 28.9. The minimum Gasteiger partial charge on any atom is -0.357 e. The molecule has 1 saturated heterocycles. The Labute approximate surface area is 135 Å². The highest BCUT2D eigenvalue weighted by Gasteiger charge is 2.33. The third-order valence-electron chi connectivity index (χ3n) is 4.77. The minimum atomic E-state index is -0.298. The van der Waals surface area contributed by atoms with Gasteiger partial charge in [0, 0.05) is 18.5 Å². The standard InChI is InChI=1S/C17H24N2O2S/c1-18-16(20)13-8-5-6-10-19(13)17(21)15-11-12-7-3-2-4-9-14(12)22-15/h11,13H,2-10H2,1H3,(H,18,20)/t13-/m0/s1. The summed E-state index contributed by atoms with van der Waals surface area (Å²) < 4.78 is 0. The molecule has 5 heteroatoms. The van der Waals surface area contributed by atoms with Crippen LogP contribution in [-0.4, -0.2) is 36.3 Å². The van der Waals surface area contributed by atoms with Gasteiger partial charge in [0.1, 0.15) is 6.04 Å². The summed E-state index contributed by atoms with van der Waals surface area (Å²) in [6.07, 6.45) is 8.72. The van der Waals surface area contributed by atoms with Crippen LogP contribution in [0.3, 0.4) is 0 Å². The molecule has 0 unspecified atom stereocenters. The topological polar surface area (TPSA) is 49.4 Å². The van der Waals surface area contributed by atoms with E-state index in [9.17, 15) is 9.59 Å². The molecule has 1 aliphatic carbocycles. The molecule has 2 heterocycles. The lowest BCUT2D eigenvalue weighted by molar-refractivity contribution is -0.126. The average Bonchev–Trinajstić information content (AvgIpc) is 2.84. The van der Waals surface area contributed by atoms with Gasteiger partial charge in [0.2, 0.25) is 5.91 Å². The van der Waals surface area contributed by atoms with Crippen molar-refractivity contribution in [1.82, 2.24) is 10.2 Å². The van der Waals surface area contributed by atoms with Gasteiger partial charge in [0.05, 0.1) is 4.88 Å². The number of thiophene rings is 1. The molecule has 1 atom stereocenters. The van der Waals surface area contributed by atoms with Crippen molar-refractivity contribution in [2.75, 3.05) is 13.6 Å². The van der Waals surface area contributed by atoms with Gasteiger partial charge in [0.25, 0.3) is 5.91 Å². The van der Waals surface area contributed by atoms with E-state index in [1.807, 2.05) is 0 Å². The highest BCUT2D eigenvalue weighted by molar-refractivity contribution is 7.14. The van der Waals surface area contributed by atoms with Gasteiger partial charge in [-0.2, -0.15) is 0 Å². The monoisotopic (exact) mass is 320 g/mol. The third kappa shape index (κ3) is 3.05. The number of piperidine rings is 1. The molecule has 0 aromatic carbocycles. The van der Waals surface area contributed by atoms with E-state index in [0.29, 0.717) is 6.54 Å². The average molecular weight is 320 g/mol. The number of nitrogens with one attached hydrogen (secondary N) is 1. The Morgan fingerprint density at radius 1 is 1.18 bits per heavy atom. The number of fused-ring (bicyclic) bond motifs is 1. The van der Waals surface area contributed by atoms with Crippen molar-refractivity contribution in [1.29, 1.82) is 0 Å². The van der Waals surface area contributed by atoms with Crippen LogP contribution in [0, 0.1) is 0 Å². The predicted molar refractivity (Wildman–Crippen MR) is 88.3 cm³/mol. The van der Waals surface area contributed by atoms with E-state index in [-0.39, 0.29) is 17.9 Å². The summed E-state index contributed by atoms with van der Waals surface area (Å²) in [6.45, 7) is 0.694. The van der Waals surface area contributed by atoms with E-state index in [2.05, 4.69) is 11.4 Å². The lowest BCUT2D eigenvalue weighted by Crippen LogP contribution is -2.51. The van der Waals surface area contributed by atoms with Gasteiger partial charge in [-0.3, -0.25) is 9.59 Å². The van der Waals surface area contributed by atoms with Gasteiger partial charge < -0.3 is 10.2 Å². The molecule has 4 nitrogen and oxygen atoms in total. The van der Waals surface area contributed by atoms with Crippen molar-refractivity contribution in [2.45, 2.75) is 57.4 Å². The first-order valence-electron chi connectivity index (χ1n) is 8.35. The molecule has 2 aliphatic rings. The van der Waals surface area contributed by atoms with E-state index < -0.39 is 0 Å². The predicted octanol–water partition coefficient (Wildman–Crippen LogP) is 2.76. The van der Waals surface area contributed by atoms with E-state index >= 15 is 0 Å². The van der Waals surface area contributed by atoms with E-state index in [1.54, 1.807) is 23.3 Å². The summed E-state index contributed by atoms with van der Waals surface area (Å²) in [6, 6.07) is 1.79. The van der Waals surface area contributed by atoms with Crippen molar-refractivity contribution < 1.29 is 9.59 Å². The summed E-state index contributed by atoms with van der Waals surface area (Å²) >= 11 is 1.65. The minimum absolute atomic E-state index is 0.0360. The maximum absolute atomic E-state index is 12.9. The Morgan fingerprint density at radius 2 is 2.00 bits per heavy atom. The quantitative estimate of drug-likeness (QED) is 0.852. The van der Waals surface area contributed by atoms with Gasteiger partial charge in [0.15, 0.2) is 0 Å².